The molecular formula is C16H16ClN3O2S. The number of ether oxygens (including phenoxy) is 2. The molecule has 120 valence electrons. The average molecular weight is 350 g/mol. The third-order valence-corrected chi connectivity index (χ3v) is 3.19. The van der Waals surface area contributed by atoms with Crippen LogP contribution in [0.15, 0.2) is 47.6 Å². The van der Waals surface area contributed by atoms with Gasteiger partial charge < -0.3 is 15.2 Å². The van der Waals surface area contributed by atoms with Crippen LogP contribution in [-0.4, -0.2) is 18.4 Å². The van der Waals surface area contributed by atoms with E-state index >= 15 is 0 Å². The molecule has 0 radical (unpaired) electrons. The quantitative estimate of drug-likeness (QED) is 0.476. The van der Waals surface area contributed by atoms with E-state index in [9.17, 15) is 0 Å². The molecule has 0 amide bonds. The number of nitrogens with one attached hydrogen (secondary N) is 1. The van der Waals surface area contributed by atoms with Gasteiger partial charge in [-0.15, -0.1) is 0 Å². The number of thiocarbonyl (C=S) groups is 1. The van der Waals surface area contributed by atoms with Crippen molar-refractivity contribution in [2.45, 2.75) is 6.61 Å². The molecule has 0 aliphatic rings. The van der Waals surface area contributed by atoms with Crippen LogP contribution in [0.2, 0.25) is 5.02 Å². The number of nitrogens with two attached hydrogens (primary N) is 1. The first-order valence-electron chi connectivity index (χ1n) is 6.72. The molecule has 23 heavy (non-hydrogen) atoms. The van der Waals surface area contributed by atoms with Crippen LogP contribution >= 0.6 is 23.8 Å². The minimum atomic E-state index is 0.106. The second kappa shape index (κ2) is 8.36. The minimum Gasteiger partial charge on any atom is -0.493 e. The van der Waals surface area contributed by atoms with Crippen molar-refractivity contribution >= 4 is 35.1 Å². The molecule has 0 unspecified atom stereocenters. The number of rotatable bonds is 6. The van der Waals surface area contributed by atoms with E-state index in [1.807, 2.05) is 36.4 Å². The van der Waals surface area contributed by atoms with E-state index in [-0.39, 0.29) is 5.11 Å². The fourth-order valence-electron chi connectivity index (χ4n) is 1.84. The second-order valence-electron chi connectivity index (χ2n) is 4.56. The van der Waals surface area contributed by atoms with Crippen LogP contribution in [0.25, 0.3) is 0 Å². The zero-order chi connectivity index (χ0) is 16.7. The third kappa shape index (κ3) is 5.43. The molecule has 7 heteroatoms. The fraction of sp³-hybridized carbons (Fsp3) is 0.125. The van der Waals surface area contributed by atoms with Crippen LogP contribution in [0.5, 0.6) is 11.5 Å². The van der Waals surface area contributed by atoms with Gasteiger partial charge in [-0.25, -0.2) is 0 Å². The van der Waals surface area contributed by atoms with Crippen molar-refractivity contribution in [1.82, 2.24) is 5.43 Å². The highest BCUT2D eigenvalue weighted by Crippen LogP contribution is 2.28. The maximum Gasteiger partial charge on any atom is 0.184 e. The van der Waals surface area contributed by atoms with Crippen LogP contribution in [0.3, 0.4) is 0 Å². The summed E-state index contributed by atoms with van der Waals surface area (Å²) in [5, 5.41) is 4.68. The molecule has 0 saturated carbocycles. The van der Waals surface area contributed by atoms with E-state index in [1.165, 1.54) is 0 Å². The Morgan fingerprint density at radius 2 is 2.13 bits per heavy atom. The number of hydrogen-bond acceptors (Lipinski definition) is 4. The summed E-state index contributed by atoms with van der Waals surface area (Å²) in [6.07, 6.45) is 1.59. The number of methoxy groups -OCH3 is 1. The van der Waals surface area contributed by atoms with Gasteiger partial charge in [0.2, 0.25) is 0 Å². The van der Waals surface area contributed by atoms with Gasteiger partial charge in [0.25, 0.3) is 0 Å². The van der Waals surface area contributed by atoms with Gasteiger partial charge in [0.05, 0.1) is 13.3 Å². The number of halogens is 1. The molecule has 2 aromatic rings. The lowest BCUT2D eigenvalue weighted by atomic mass is 10.2. The van der Waals surface area contributed by atoms with Gasteiger partial charge in [-0.2, -0.15) is 5.10 Å². The molecule has 0 atom stereocenters. The highest BCUT2D eigenvalue weighted by atomic mass is 35.5. The Morgan fingerprint density at radius 3 is 2.83 bits per heavy atom. The molecule has 0 spiro atoms. The van der Waals surface area contributed by atoms with Crippen LogP contribution in [0, 0.1) is 0 Å². The normalized spacial score (nSPS) is 10.5. The van der Waals surface area contributed by atoms with E-state index in [0.29, 0.717) is 23.1 Å². The second-order valence-corrected chi connectivity index (χ2v) is 5.44. The standard InChI is InChI=1S/C16H16ClN3O2S/c1-21-15-8-11(9-19-20-16(18)23)5-6-14(15)22-10-12-3-2-4-13(17)7-12/h2-9H,10H2,1H3,(H3,18,20,23)/b19-9+. The van der Waals surface area contributed by atoms with Crippen LogP contribution in [-0.2, 0) is 6.61 Å². The first kappa shape index (κ1) is 17.1. The lowest BCUT2D eigenvalue weighted by Gasteiger charge is -2.11. The lowest BCUT2D eigenvalue weighted by molar-refractivity contribution is 0.284. The van der Waals surface area contributed by atoms with Crippen molar-refractivity contribution in [3.05, 3.63) is 58.6 Å². The van der Waals surface area contributed by atoms with E-state index in [4.69, 9.17) is 26.8 Å². The summed E-state index contributed by atoms with van der Waals surface area (Å²) in [4.78, 5) is 0. The van der Waals surface area contributed by atoms with E-state index in [2.05, 4.69) is 22.7 Å². The summed E-state index contributed by atoms with van der Waals surface area (Å²) in [7, 11) is 1.58. The van der Waals surface area contributed by atoms with E-state index < -0.39 is 0 Å². The Morgan fingerprint density at radius 1 is 1.30 bits per heavy atom. The third-order valence-electron chi connectivity index (χ3n) is 2.86. The molecule has 3 N–H and O–H groups in total. The molecule has 2 rings (SSSR count). The predicted molar refractivity (Wildman–Crippen MR) is 96.3 cm³/mol. The number of nitrogens with zero attached hydrogens (tertiary/aromatic N) is 1. The van der Waals surface area contributed by atoms with Gasteiger partial charge >= 0.3 is 0 Å². The average Bonchev–Trinajstić information content (AvgIpc) is 2.53. The Hall–Kier alpha value is -2.31. The zero-order valence-corrected chi connectivity index (χ0v) is 14.0. The number of hydrogen-bond donors (Lipinski definition) is 2. The van der Waals surface area contributed by atoms with Crippen molar-refractivity contribution in [3.63, 3.8) is 0 Å². The Balaban J connectivity index is 2.07. The highest BCUT2D eigenvalue weighted by Gasteiger charge is 2.06. The highest BCUT2D eigenvalue weighted by molar-refractivity contribution is 7.80. The number of benzene rings is 2. The molecule has 0 saturated heterocycles. The smallest absolute Gasteiger partial charge is 0.184 e. The first-order valence-corrected chi connectivity index (χ1v) is 7.51. The lowest BCUT2D eigenvalue weighted by Crippen LogP contribution is -2.23. The summed E-state index contributed by atoms with van der Waals surface area (Å²) in [5.41, 5.74) is 9.58. The van der Waals surface area contributed by atoms with Crippen LogP contribution < -0.4 is 20.6 Å². The molecule has 5 nitrogen and oxygen atoms in total. The predicted octanol–water partition coefficient (Wildman–Crippen LogP) is 3.09. The van der Waals surface area contributed by atoms with Crippen molar-refractivity contribution in [2.24, 2.45) is 10.8 Å². The molecular weight excluding hydrogens is 334 g/mol. The van der Waals surface area contributed by atoms with Crippen molar-refractivity contribution in [1.29, 1.82) is 0 Å². The monoisotopic (exact) mass is 349 g/mol. The SMILES string of the molecule is COc1cc(/C=N/NC(N)=S)ccc1OCc1cccc(Cl)c1. The zero-order valence-electron chi connectivity index (χ0n) is 12.5. The van der Waals surface area contributed by atoms with Gasteiger partial charge in [0.1, 0.15) is 6.61 Å². The van der Waals surface area contributed by atoms with Crippen LogP contribution in [0.1, 0.15) is 11.1 Å². The molecule has 0 aliphatic carbocycles. The fourth-order valence-corrected chi connectivity index (χ4v) is 2.11. The Bertz CT molecular complexity index is 722. The van der Waals surface area contributed by atoms with Gasteiger partial charge in [-0.05, 0) is 53.7 Å². The van der Waals surface area contributed by atoms with E-state index in [0.717, 1.165) is 11.1 Å². The van der Waals surface area contributed by atoms with Gasteiger partial charge in [0.15, 0.2) is 16.6 Å². The first-order chi connectivity index (χ1) is 11.1. The van der Waals surface area contributed by atoms with Gasteiger partial charge in [-0.1, -0.05) is 23.7 Å². The summed E-state index contributed by atoms with van der Waals surface area (Å²) in [6, 6.07) is 13.0. The minimum absolute atomic E-state index is 0.106. The van der Waals surface area contributed by atoms with Gasteiger partial charge in [-0.3, -0.25) is 5.43 Å². The molecule has 0 bridgehead atoms. The molecule has 2 aromatic carbocycles. The van der Waals surface area contributed by atoms with E-state index in [1.54, 1.807) is 19.4 Å². The topological polar surface area (TPSA) is 68.9 Å². The molecule has 0 fully saturated rings. The molecule has 0 aliphatic heterocycles. The Kier molecular flexibility index (Phi) is 6.19. The summed E-state index contributed by atoms with van der Waals surface area (Å²) >= 11 is 10.6. The van der Waals surface area contributed by atoms with Gasteiger partial charge in [0, 0.05) is 5.02 Å². The molecule has 0 aromatic heterocycles. The summed E-state index contributed by atoms with van der Waals surface area (Å²) < 4.78 is 11.1. The molecule has 0 heterocycles. The van der Waals surface area contributed by atoms with Crippen molar-refractivity contribution in [3.8, 4) is 11.5 Å². The largest absolute Gasteiger partial charge is 0.493 e. The number of hydrazone groups is 1. The van der Waals surface area contributed by atoms with Crippen LogP contribution in [0.4, 0.5) is 0 Å². The Labute approximate surface area is 145 Å². The summed E-state index contributed by atoms with van der Waals surface area (Å²) in [6.45, 7) is 0.396. The van der Waals surface area contributed by atoms with Crippen molar-refractivity contribution in [2.75, 3.05) is 7.11 Å². The summed E-state index contributed by atoms with van der Waals surface area (Å²) in [5.74, 6) is 1.23. The van der Waals surface area contributed by atoms with Crippen molar-refractivity contribution < 1.29 is 9.47 Å². The maximum atomic E-state index is 5.96. The maximum absolute atomic E-state index is 5.96.